The Morgan fingerprint density at radius 1 is 1.08 bits per heavy atom. The average molecular weight is 316 g/mol. The number of carbonyl (C=O) groups is 1. The monoisotopic (exact) mass is 316 g/mol. The van der Waals surface area contributed by atoms with Crippen molar-refractivity contribution in [2.75, 3.05) is 6.54 Å². The number of amides is 1. The van der Waals surface area contributed by atoms with Crippen LogP contribution in [0.3, 0.4) is 0 Å². The molecular formula is C21H20N2O. The number of hydrogen-bond donors (Lipinski definition) is 0. The number of aromatic nitrogens is 1. The van der Waals surface area contributed by atoms with Gasteiger partial charge in [-0.3, -0.25) is 9.78 Å². The van der Waals surface area contributed by atoms with E-state index >= 15 is 0 Å². The SMILES string of the molecule is Cc1cc(C(=O)N2CCC2c2ccccc2)c2cccc(C)c2n1. The summed E-state index contributed by atoms with van der Waals surface area (Å²) in [6.45, 7) is 4.81. The molecule has 0 N–H and O–H groups in total. The maximum absolute atomic E-state index is 13.2. The van der Waals surface area contributed by atoms with Crippen molar-refractivity contribution in [2.45, 2.75) is 26.3 Å². The van der Waals surface area contributed by atoms with E-state index < -0.39 is 0 Å². The number of rotatable bonds is 2. The number of nitrogens with zero attached hydrogens (tertiary/aromatic N) is 2. The summed E-state index contributed by atoms with van der Waals surface area (Å²) in [6.07, 6.45) is 1.02. The second-order valence-corrected chi connectivity index (χ2v) is 6.50. The summed E-state index contributed by atoms with van der Waals surface area (Å²) in [5.41, 5.74) is 4.90. The van der Waals surface area contributed by atoms with Crippen molar-refractivity contribution in [3.05, 3.63) is 77.0 Å². The van der Waals surface area contributed by atoms with Gasteiger partial charge in [0.1, 0.15) is 0 Å². The van der Waals surface area contributed by atoms with Crippen molar-refractivity contribution in [2.24, 2.45) is 0 Å². The van der Waals surface area contributed by atoms with E-state index in [1.807, 2.05) is 61.2 Å². The highest BCUT2D eigenvalue weighted by atomic mass is 16.2. The zero-order valence-corrected chi connectivity index (χ0v) is 14.0. The summed E-state index contributed by atoms with van der Waals surface area (Å²) in [4.78, 5) is 19.8. The molecule has 120 valence electrons. The summed E-state index contributed by atoms with van der Waals surface area (Å²) >= 11 is 0. The summed E-state index contributed by atoms with van der Waals surface area (Å²) in [5, 5.41) is 0.948. The number of aryl methyl sites for hydroxylation is 2. The molecule has 3 heteroatoms. The first-order chi connectivity index (χ1) is 11.6. The van der Waals surface area contributed by atoms with E-state index in [-0.39, 0.29) is 11.9 Å². The van der Waals surface area contributed by atoms with E-state index in [9.17, 15) is 4.79 Å². The van der Waals surface area contributed by atoms with Crippen molar-refractivity contribution in [3.63, 3.8) is 0 Å². The zero-order valence-electron chi connectivity index (χ0n) is 14.0. The lowest BCUT2D eigenvalue weighted by molar-refractivity contribution is 0.0462. The van der Waals surface area contributed by atoms with Gasteiger partial charge in [-0.15, -0.1) is 0 Å². The molecule has 1 amide bonds. The van der Waals surface area contributed by atoms with Gasteiger partial charge in [-0.2, -0.15) is 0 Å². The van der Waals surface area contributed by atoms with E-state index in [1.165, 1.54) is 5.56 Å². The Hall–Kier alpha value is -2.68. The molecule has 1 aliphatic rings. The fraction of sp³-hybridized carbons (Fsp3) is 0.238. The minimum atomic E-state index is 0.108. The van der Waals surface area contributed by atoms with E-state index in [0.717, 1.165) is 40.7 Å². The number of hydrogen-bond acceptors (Lipinski definition) is 2. The van der Waals surface area contributed by atoms with Gasteiger partial charge in [0.15, 0.2) is 0 Å². The molecule has 2 aromatic carbocycles. The Morgan fingerprint density at radius 3 is 2.58 bits per heavy atom. The molecule has 4 rings (SSSR count). The molecule has 1 aliphatic heterocycles. The summed E-state index contributed by atoms with van der Waals surface area (Å²) in [7, 11) is 0. The molecule has 1 fully saturated rings. The average Bonchev–Trinajstić information content (AvgIpc) is 2.55. The number of benzene rings is 2. The topological polar surface area (TPSA) is 33.2 Å². The first-order valence-corrected chi connectivity index (χ1v) is 8.38. The lowest BCUT2D eigenvalue weighted by atomic mass is 9.93. The second kappa shape index (κ2) is 5.75. The number of fused-ring (bicyclic) bond motifs is 1. The van der Waals surface area contributed by atoms with Gasteiger partial charge in [0, 0.05) is 17.6 Å². The van der Waals surface area contributed by atoms with Crippen LogP contribution in [0.25, 0.3) is 10.9 Å². The molecule has 3 aromatic rings. The zero-order chi connectivity index (χ0) is 16.7. The highest BCUT2D eigenvalue weighted by molar-refractivity contribution is 6.07. The van der Waals surface area contributed by atoms with Crippen molar-refractivity contribution >= 4 is 16.8 Å². The van der Waals surface area contributed by atoms with Crippen LogP contribution in [0.4, 0.5) is 0 Å². The molecule has 0 spiro atoms. The normalized spacial score (nSPS) is 16.9. The van der Waals surface area contributed by atoms with Crippen LogP contribution in [0.5, 0.6) is 0 Å². The molecule has 0 saturated carbocycles. The van der Waals surface area contributed by atoms with E-state index in [4.69, 9.17) is 0 Å². The molecule has 1 saturated heterocycles. The fourth-order valence-electron chi connectivity index (χ4n) is 3.50. The van der Waals surface area contributed by atoms with Gasteiger partial charge in [0.2, 0.25) is 0 Å². The number of likely N-dealkylation sites (tertiary alicyclic amines) is 1. The lowest BCUT2D eigenvalue weighted by Gasteiger charge is -2.41. The molecule has 1 atom stereocenters. The Morgan fingerprint density at radius 2 is 1.88 bits per heavy atom. The highest BCUT2D eigenvalue weighted by Gasteiger charge is 2.34. The van der Waals surface area contributed by atoms with Crippen molar-refractivity contribution in [3.8, 4) is 0 Å². The summed E-state index contributed by atoms with van der Waals surface area (Å²) in [5.74, 6) is 0.108. The summed E-state index contributed by atoms with van der Waals surface area (Å²) < 4.78 is 0. The third-order valence-electron chi connectivity index (χ3n) is 4.86. The van der Waals surface area contributed by atoms with Crippen LogP contribution in [0.2, 0.25) is 0 Å². The molecule has 24 heavy (non-hydrogen) atoms. The number of para-hydroxylation sites is 1. The fourth-order valence-corrected chi connectivity index (χ4v) is 3.50. The van der Waals surface area contributed by atoms with Gasteiger partial charge < -0.3 is 4.90 Å². The van der Waals surface area contributed by atoms with E-state index in [0.29, 0.717) is 0 Å². The smallest absolute Gasteiger partial charge is 0.255 e. The van der Waals surface area contributed by atoms with Gasteiger partial charge in [-0.25, -0.2) is 0 Å². The van der Waals surface area contributed by atoms with Crippen molar-refractivity contribution < 1.29 is 4.79 Å². The number of pyridine rings is 1. The molecule has 2 heterocycles. The minimum absolute atomic E-state index is 0.108. The first-order valence-electron chi connectivity index (χ1n) is 8.38. The van der Waals surface area contributed by atoms with Crippen LogP contribution >= 0.6 is 0 Å². The minimum Gasteiger partial charge on any atom is -0.331 e. The molecule has 0 aliphatic carbocycles. The summed E-state index contributed by atoms with van der Waals surface area (Å²) in [6, 6.07) is 18.4. The van der Waals surface area contributed by atoms with Gasteiger partial charge in [-0.05, 0) is 37.5 Å². The molecular weight excluding hydrogens is 296 g/mol. The molecule has 0 radical (unpaired) electrons. The Labute approximate surface area is 141 Å². The van der Waals surface area contributed by atoms with E-state index in [2.05, 4.69) is 17.1 Å². The molecule has 0 bridgehead atoms. The Balaban J connectivity index is 1.75. The maximum atomic E-state index is 13.2. The van der Waals surface area contributed by atoms with Gasteiger partial charge in [0.05, 0.1) is 17.1 Å². The third kappa shape index (κ3) is 2.37. The maximum Gasteiger partial charge on any atom is 0.255 e. The lowest BCUT2D eigenvalue weighted by Crippen LogP contribution is -2.45. The quantitative estimate of drug-likeness (QED) is 0.700. The largest absolute Gasteiger partial charge is 0.331 e. The third-order valence-corrected chi connectivity index (χ3v) is 4.86. The Bertz CT molecular complexity index is 918. The van der Waals surface area contributed by atoms with Crippen LogP contribution in [0.15, 0.2) is 54.6 Å². The van der Waals surface area contributed by atoms with Crippen molar-refractivity contribution in [1.29, 1.82) is 0 Å². The number of carbonyl (C=O) groups excluding carboxylic acids is 1. The molecule has 1 unspecified atom stereocenters. The molecule has 3 nitrogen and oxygen atoms in total. The second-order valence-electron chi connectivity index (χ2n) is 6.50. The van der Waals surface area contributed by atoms with Crippen LogP contribution < -0.4 is 0 Å². The van der Waals surface area contributed by atoms with Gasteiger partial charge >= 0.3 is 0 Å². The van der Waals surface area contributed by atoms with Crippen LogP contribution in [-0.4, -0.2) is 22.3 Å². The predicted molar refractivity (Wildman–Crippen MR) is 96.1 cm³/mol. The predicted octanol–water partition coefficient (Wildman–Crippen LogP) is 4.44. The highest BCUT2D eigenvalue weighted by Crippen LogP contribution is 2.35. The van der Waals surface area contributed by atoms with E-state index in [1.54, 1.807) is 0 Å². The first kappa shape index (κ1) is 14.9. The van der Waals surface area contributed by atoms with Crippen LogP contribution in [-0.2, 0) is 0 Å². The van der Waals surface area contributed by atoms with Crippen molar-refractivity contribution in [1.82, 2.24) is 9.88 Å². The van der Waals surface area contributed by atoms with Gasteiger partial charge in [0.25, 0.3) is 5.91 Å². The van der Waals surface area contributed by atoms with Crippen LogP contribution in [0, 0.1) is 13.8 Å². The molecule has 1 aromatic heterocycles. The Kier molecular flexibility index (Phi) is 3.57. The van der Waals surface area contributed by atoms with Crippen LogP contribution in [0.1, 0.15) is 39.6 Å². The van der Waals surface area contributed by atoms with Gasteiger partial charge in [-0.1, -0.05) is 48.5 Å². The standard InChI is InChI=1S/C21H20N2O/c1-14-7-6-10-17-18(13-15(2)22-20(14)17)21(24)23-12-11-19(23)16-8-4-3-5-9-16/h3-10,13,19H,11-12H2,1-2H3.